The van der Waals surface area contributed by atoms with E-state index in [1.54, 1.807) is 0 Å². The molecule has 1 aliphatic heterocycles. The van der Waals surface area contributed by atoms with E-state index in [0.29, 0.717) is 13.1 Å². The second-order valence-corrected chi connectivity index (χ2v) is 8.29. The number of rotatable bonds is 6. The molecule has 1 fully saturated rings. The van der Waals surface area contributed by atoms with Crippen LogP contribution in [0.15, 0.2) is 23.1 Å². The number of sulfonamides is 1. The average molecular weight is 385 g/mol. The molecule has 0 aliphatic carbocycles. The first kappa shape index (κ1) is 20.1. The largest absolute Gasteiger partial charge is 0.480 e. The molecule has 9 nitrogen and oxygen atoms in total. The molecule has 1 saturated heterocycles. The first-order chi connectivity index (χ1) is 12.2. The van der Waals surface area contributed by atoms with Crippen LogP contribution in [0.1, 0.15) is 32.6 Å². The molecule has 10 heteroatoms. The average Bonchev–Trinajstić information content (AvgIpc) is 2.89. The van der Waals surface area contributed by atoms with E-state index in [-0.39, 0.29) is 10.6 Å². The lowest BCUT2D eigenvalue weighted by Gasteiger charge is -2.24. The van der Waals surface area contributed by atoms with Crippen LogP contribution in [0, 0.1) is 10.1 Å². The van der Waals surface area contributed by atoms with E-state index in [4.69, 9.17) is 5.11 Å². The summed E-state index contributed by atoms with van der Waals surface area (Å²) in [6, 6.07) is 2.61. The minimum Gasteiger partial charge on any atom is -0.480 e. The summed E-state index contributed by atoms with van der Waals surface area (Å²) in [5, 5.41) is 20.6. The fourth-order valence-corrected chi connectivity index (χ4v) is 4.45. The Morgan fingerprint density at radius 2 is 1.85 bits per heavy atom. The van der Waals surface area contributed by atoms with E-state index in [2.05, 4.69) is 0 Å². The Bertz CT molecular complexity index is 787. The van der Waals surface area contributed by atoms with Gasteiger partial charge in [0, 0.05) is 26.2 Å². The molecule has 1 aliphatic rings. The summed E-state index contributed by atoms with van der Waals surface area (Å²) >= 11 is 0. The fourth-order valence-electron chi connectivity index (χ4n) is 2.91. The van der Waals surface area contributed by atoms with Gasteiger partial charge in [-0.05, 0) is 31.9 Å². The predicted molar refractivity (Wildman–Crippen MR) is 95.8 cm³/mol. The molecule has 144 valence electrons. The van der Waals surface area contributed by atoms with E-state index in [9.17, 15) is 23.3 Å². The summed E-state index contributed by atoms with van der Waals surface area (Å²) in [6.45, 7) is 2.19. The number of carboxylic acid groups (broad SMARTS) is 1. The van der Waals surface area contributed by atoms with Gasteiger partial charge in [-0.1, -0.05) is 12.8 Å². The molecule has 1 atom stereocenters. The van der Waals surface area contributed by atoms with Crippen molar-refractivity contribution in [2.24, 2.45) is 0 Å². The fraction of sp³-hybridized carbons (Fsp3) is 0.562. The third-order valence-electron chi connectivity index (χ3n) is 4.66. The third-order valence-corrected chi connectivity index (χ3v) is 6.56. The molecule has 1 N–H and O–H groups in total. The molecule has 0 spiro atoms. The van der Waals surface area contributed by atoms with E-state index in [1.165, 1.54) is 35.3 Å². The summed E-state index contributed by atoms with van der Waals surface area (Å²) in [7, 11) is -2.41. The summed E-state index contributed by atoms with van der Waals surface area (Å²) in [5.41, 5.74) is -0.379. The Morgan fingerprint density at radius 1 is 1.27 bits per heavy atom. The molecule has 0 aromatic heterocycles. The Hall–Kier alpha value is -2.20. The van der Waals surface area contributed by atoms with Crippen molar-refractivity contribution < 1.29 is 23.2 Å². The van der Waals surface area contributed by atoms with Crippen molar-refractivity contribution in [3.05, 3.63) is 28.3 Å². The lowest BCUT2D eigenvalue weighted by Crippen LogP contribution is -2.36. The van der Waals surface area contributed by atoms with Gasteiger partial charge in [0.1, 0.15) is 11.7 Å². The van der Waals surface area contributed by atoms with Crippen molar-refractivity contribution in [3.8, 4) is 0 Å². The Kier molecular flexibility index (Phi) is 6.19. The SMILES string of the molecule is CC(C(=O)O)N(C)c1ccc(S(=O)(=O)N2CCCCCC2)cc1[N+](=O)[O-]. The number of likely N-dealkylation sites (N-methyl/N-ethyl adjacent to an activating group) is 1. The molecule has 2 rings (SSSR count). The molecule has 1 aromatic carbocycles. The predicted octanol–water partition coefficient (Wildman–Crippen LogP) is 2.07. The van der Waals surface area contributed by atoms with Gasteiger partial charge in [-0.15, -0.1) is 0 Å². The lowest BCUT2D eigenvalue weighted by molar-refractivity contribution is -0.384. The van der Waals surface area contributed by atoms with Crippen molar-refractivity contribution in [1.82, 2.24) is 4.31 Å². The number of nitrogens with zero attached hydrogens (tertiary/aromatic N) is 3. The normalized spacial score (nSPS) is 17.3. The number of carboxylic acids is 1. The van der Waals surface area contributed by atoms with Gasteiger partial charge in [0.2, 0.25) is 10.0 Å². The lowest BCUT2D eigenvalue weighted by atomic mass is 10.2. The molecular formula is C16H23N3O6S. The molecule has 0 amide bonds. The number of nitro benzene ring substituents is 1. The summed E-state index contributed by atoms with van der Waals surface area (Å²) in [6.07, 6.45) is 3.45. The van der Waals surface area contributed by atoms with Gasteiger partial charge in [-0.3, -0.25) is 10.1 Å². The Morgan fingerprint density at radius 3 is 2.35 bits per heavy atom. The molecule has 0 saturated carbocycles. The van der Waals surface area contributed by atoms with Crippen molar-refractivity contribution in [2.75, 3.05) is 25.0 Å². The van der Waals surface area contributed by atoms with Gasteiger partial charge in [0.25, 0.3) is 5.69 Å². The van der Waals surface area contributed by atoms with Gasteiger partial charge in [-0.25, -0.2) is 13.2 Å². The van der Waals surface area contributed by atoms with Gasteiger partial charge in [-0.2, -0.15) is 4.31 Å². The van der Waals surface area contributed by atoms with Crippen LogP contribution in [0.3, 0.4) is 0 Å². The number of hydrogen-bond acceptors (Lipinski definition) is 6. The molecule has 0 bridgehead atoms. The minimum atomic E-state index is -3.83. The first-order valence-electron chi connectivity index (χ1n) is 8.40. The maximum Gasteiger partial charge on any atom is 0.326 e. The molecule has 1 unspecified atom stereocenters. The van der Waals surface area contributed by atoms with E-state index >= 15 is 0 Å². The molecule has 0 radical (unpaired) electrons. The topological polar surface area (TPSA) is 121 Å². The zero-order chi connectivity index (χ0) is 19.5. The Balaban J connectivity index is 2.44. The maximum absolute atomic E-state index is 12.8. The number of carbonyl (C=O) groups is 1. The molecular weight excluding hydrogens is 362 g/mol. The van der Waals surface area contributed by atoms with E-state index in [1.807, 2.05) is 0 Å². The van der Waals surface area contributed by atoms with Gasteiger partial charge < -0.3 is 10.0 Å². The van der Waals surface area contributed by atoms with Gasteiger partial charge in [0.05, 0.1) is 9.82 Å². The number of hydrogen-bond donors (Lipinski definition) is 1. The summed E-state index contributed by atoms with van der Waals surface area (Å²) in [4.78, 5) is 23.0. The first-order valence-corrected chi connectivity index (χ1v) is 9.84. The number of benzene rings is 1. The van der Waals surface area contributed by atoms with Crippen LogP contribution in [-0.2, 0) is 14.8 Å². The van der Waals surface area contributed by atoms with Crippen LogP contribution in [-0.4, -0.2) is 54.9 Å². The van der Waals surface area contributed by atoms with Crippen LogP contribution >= 0.6 is 0 Å². The van der Waals surface area contributed by atoms with Crippen LogP contribution < -0.4 is 4.90 Å². The highest BCUT2D eigenvalue weighted by Crippen LogP contribution is 2.32. The van der Waals surface area contributed by atoms with Crippen molar-refractivity contribution in [2.45, 2.75) is 43.5 Å². The van der Waals surface area contributed by atoms with E-state index < -0.39 is 32.6 Å². The number of aliphatic carboxylic acids is 1. The maximum atomic E-state index is 12.8. The highest BCUT2D eigenvalue weighted by atomic mass is 32.2. The third kappa shape index (κ3) is 4.13. The van der Waals surface area contributed by atoms with Gasteiger partial charge in [0.15, 0.2) is 0 Å². The van der Waals surface area contributed by atoms with Gasteiger partial charge >= 0.3 is 5.97 Å². The Labute approximate surface area is 152 Å². The second-order valence-electron chi connectivity index (χ2n) is 6.35. The summed E-state index contributed by atoms with van der Waals surface area (Å²) in [5.74, 6) is -1.14. The zero-order valence-electron chi connectivity index (χ0n) is 14.8. The van der Waals surface area contributed by atoms with Crippen LogP contribution in [0.2, 0.25) is 0 Å². The highest BCUT2D eigenvalue weighted by Gasteiger charge is 2.30. The van der Waals surface area contributed by atoms with Crippen molar-refractivity contribution in [1.29, 1.82) is 0 Å². The quantitative estimate of drug-likeness (QED) is 0.587. The van der Waals surface area contributed by atoms with Crippen molar-refractivity contribution >= 4 is 27.4 Å². The number of anilines is 1. The minimum absolute atomic E-state index is 0.0553. The smallest absolute Gasteiger partial charge is 0.326 e. The molecule has 1 aromatic rings. The van der Waals surface area contributed by atoms with Crippen LogP contribution in [0.25, 0.3) is 0 Å². The molecule has 1 heterocycles. The van der Waals surface area contributed by atoms with Crippen molar-refractivity contribution in [3.63, 3.8) is 0 Å². The highest BCUT2D eigenvalue weighted by molar-refractivity contribution is 7.89. The second kappa shape index (κ2) is 8.00. The number of nitro groups is 1. The van der Waals surface area contributed by atoms with Crippen LogP contribution in [0.4, 0.5) is 11.4 Å². The molecule has 26 heavy (non-hydrogen) atoms. The van der Waals surface area contributed by atoms with Crippen LogP contribution in [0.5, 0.6) is 0 Å². The summed E-state index contributed by atoms with van der Waals surface area (Å²) < 4.78 is 27.0. The standard InChI is InChI=1S/C16H23N3O6S/c1-12(16(20)21)17(2)14-8-7-13(11-15(14)19(22)23)26(24,25)18-9-5-3-4-6-10-18/h7-8,11-12H,3-6,9-10H2,1-2H3,(H,20,21). The van der Waals surface area contributed by atoms with E-state index in [0.717, 1.165) is 31.7 Å². The zero-order valence-corrected chi connectivity index (χ0v) is 15.6. The monoisotopic (exact) mass is 385 g/mol.